The van der Waals surface area contributed by atoms with Gasteiger partial charge in [-0.25, -0.2) is 4.79 Å². The molecule has 0 heterocycles. The van der Waals surface area contributed by atoms with Gasteiger partial charge in [0.2, 0.25) is 0 Å². The van der Waals surface area contributed by atoms with Gasteiger partial charge in [0.25, 0.3) is 0 Å². The molecule has 0 aromatic heterocycles. The molecule has 0 amide bonds. The Kier molecular flexibility index (Phi) is 4.45. The molecule has 0 aliphatic carbocycles. The van der Waals surface area contributed by atoms with Crippen molar-refractivity contribution in [3.05, 3.63) is 52.0 Å². The molecule has 0 atom stereocenters. The van der Waals surface area contributed by atoms with E-state index in [4.69, 9.17) is 11.0 Å². The van der Waals surface area contributed by atoms with Gasteiger partial charge in [0.05, 0.1) is 23.9 Å². The maximum absolute atomic E-state index is 11.6. The number of methoxy groups -OCH3 is 1. The number of ether oxygens (including phenoxy) is 1. The van der Waals surface area contributed by atoms with Crippen molar-refractivity contribution < 1.29 is 9.53 Å². The third-order valence-electron chi connectivity index (χ3n) is 2.84. The highest BCUT2D eigenvalue weighted by Crippen LogP contribution is 2.26. The van der Waals surface area contributed by atoms with Gasteiger partial charge in [0.1, 0.15) is 6.07 Å². The van der Waals surface area contributed by atoms with E-state index in [2.05, 4.69) is 32.1 Å². The van der Waals surface area contributed by atoms with E-state index in [1.54, 1.807) is 30.3 Å². The van der Waals surface area contributed by atoms with Crippen LogP contribution in [0, 0.1) is 11.3 Å². The number of hydrogen-bond acceptors (Lipinski definition) is 5. The molecule has 3 N–H and O–H groups in total. The highest BCUT2D eigenvalue weighted by Gasteiger charge is 2.11. The van der Waals surface area contributed by atoms with Crippen LogP contribution in [0.3, 0.4) is 0 Å². The fourth-order valence-corrected chi connectivity index (χ4v) is 2.16. The maximum atomic E-state index is 11.6. The van der Waals surface area contributed by atoms with Gasteiger partial charge in [0.15, 0.2) is 0 Å². The van der Waals surface area contributed by atoms with Crippen molar-refractivity contribution in [3.63, 3.8) is 0 Å². The van der Waals surface area contributed by atoms with Crippen LogP contribution < -0.4 is 11.1 Å². The summed E-state index contributed by atoms with van der Waals surface area (Å²) in [6.07, 6.45) is 0. The lowest BCUT2D eigenvalue weighted by Gasteiger charge is -2.11. The third kappa shape index (κ3) is 3.33. The summed E-state index contributed by atoms with van der Waals surface area (Å²) in [5.74, 6) is -0.507. The zero-order valence-corrected chi connectivity index (χ0v) is 12.8. The van der Waals surface area contributed by atoms with Crippen molar-refractivity contribution in [1.82, 2.24) is 0 Å². The molecule has 0 aliphatic heterocycles. The Morgan fingerprint density at radius 3 is 2.76 bits per heavy atom. The summed E-state index contributed by atoms with van der Waals surface area (Å²) < 4.78 is 5.49. The molecule has 6 heteroatoms. The Balaban J connectivity index is 2.37. The standard InChI is InChI=1S/C15H12BrN3O2/c1-21-15(20)12-7-11(3-4-13(12)18)19-14-5-2-10(16)6-9(14)8-17/h2-7,19H,18H2,1H3. The summed E-state index contributed by atoms with van der Waals surface area (Å²) >= 11 is 3.32. The number of nitriles is 1. The van der Waals surface area contributed by atoms with Crippen LogP contribution in [0.25, 0.3) is 0 Å². The molecule has 0 unspecified atom stereocenters. The number of benzene rings is 2. The Hall–Kier alpha value is -2.52. The van der Waals surface area contributed by atoms with Crippen molar-refractivity contribution in [2.45, 2.75) is 0 Å². The number of nitrogens with two attached hydrogens (primary N) is 1. The molecule has 106 valence electrons. The second-order valence-electron chi connectivity index (χ2n) is 4.22. The zero-order chi connectivity index (χ0) is 15.4. The van der Waals surface area contributed by atoms with Crippen LogP contribution >= 0.6 is 15.9 Å². The smallest absolute Gasteiger partial charge is 0.340 e. The lowest BCUT2D eigenvalue weighted by Crippen LogP contribution is -2.06. The molecule has 2 aromatic rings. The molecule has 0 saturated heterocycles. The number of carbonyl (C=O) groups is 1. The quantitative estimate of drug-likeness (QED) is 0.657. The molecule has 0 saturated carbocycles. The minimum Gasteiger partial charge on any atom is -0.465 e. The van der Waals surface area contributed by atoms with E-state index >= 15 is 0 Å². The number of hydrogen-bond donors (Lipinski definition) is 2. The van der Waals surface area contributed by atoms with Gasteiger partial charge < -0.3 is 15.8 Å². The number of anilines is 3. The Morgan fingerprint density at radius 1 is 1.33 bits per heavy atom. The molecule has 2 rings (SSSR count). The second kappa shape index (κ2) is 6.29. The molecule has 5 nitrogen and oxygen atoms in total. The van der Waals surface area contributed by atoms with Crippen LogP contribution in [0.1, 0.15) is 15.9 Å². The number of nitrogen functional groups attached to an aromatic ring is 1. The monoisotopic (exact) mass is 345 g/mol. The minimum atomic E-state index is -0.507. The predicted molar refractivity (Wildman–Crippen MR) is 84.3 cm³/mol. The molecule has 0 spiro atoms. The Bertz CT molecular complexity index is 738. The van der Waals surface area contributed by atoms with Crippen LogP contribution in [0.5, 0.6) is 0 Å². The fourth-order valence-electron chi connectivity index (χ4n) is 1.79. The topological polar surface area (TPSA) is 88.1 Å². The Morgan fingerprint density at radius 2 is 2.10 bits per heavy atom. The van der Waals surface area contributed by atoms with Crippen molar-refractivity contribution in [2.75, 3.05) is 18.2 Å². The average Bonchev–Trinajstić information content (AvgIpc) is 2.50. The van der Waals surface area contributed by atoms with Gasteiger partial charge in [-0.3, -0.25) is 0 Å². The molecule has 0 radical (unpaired) electrons. The van der Waals surface area contributed by atoms with E-state index in [0.717, 1.165) is 4.47 Å². The molecule has 0 bridgehead atoms. The van der Waals surface area contributed by atoms with Crippen LogP contribution in [0.2, 0.25) is 0 Å². The number of halogens is 1. The highest BCUT2D eigenvalue weighted by molar-refractivity contribution is 9.10. The Labute approximate surface area is 130 Å². The first-order valence-electron chi connectivity index (χ1n) is 5.99. The number of esters is 1. The maximum Gasteiger partial charge on any atom is 0.340 e. The van der Waals surface area contributed by atoms with Crippen LogP contribution in [0.15, 0.2) is 40.9 Å². The summed E-state index contributed by atoms with van der Waals surface area (Å²) in [6, 6.07) is 12.3. The SMILES string of the molecule is COC(=O)c1cc(Nc2ccc(Br)cc2C#N)ccc1N. The van der Waals surface area contributed by atoms with Gasteiger partial charge in [-0.15, -0.1) is 0 Å². The van der Waals surface area contributed by atoms with Crippen molar-refractivity contribution in [2.24, 2.45) is 0 Å². The summed E-state index contributed by atoms with van der Waals surface area (Å²) in [7, 11) is 1.30. The van der Waals surface area contributed by atoms with E-state index in [1.165, 1.54) is 7.11 Å². The first kappa shape index (κ1) is 14.9. The van der Waals surface area contributed by atoms with E-state index in [1.807, 2.05) is 6.07 Å². The fraction of sp³-hybridized carbons (Fsp3) is 0.0667. The summed E-state index contributed by atoms with van der Waals surface area (Å²) in [5.41, 5.74) is 8.13. The highest BCUT2D eigenvalue weighted by atomic mass is 79.9. The first-order valence-corrected chi connectivity index (χ1v) is 6.79. The average molecular weight is 346 g/mol. The van der Waals surface area contributed by atoms with Gasteiger partial charge in [-0.1, -0.05) is 15.9 Å². The van der Waals surface area contributed by atoms with Gasteiger partial charge >= 0.3 is 5.97 Å². The van der Waals surface area contributed by atoms with Crippen molar-refractivity contribution in [1.29, 1.82) is 5.26 Å². The van der Waals surface area contributed by atoms with Gasteiger partial charge in [-0.05, 0) is 36.4 Å². The van der Waals surface area contributed by atoms with Crippen LogP contribution in [-0.2, 0) is 4.74 Å². The van der Waals surface area contributed by atoms with Crippen LogP contribution in [-0.4, -0.2) is 13.1 Å². The first-order chi connectivity index (χ1) is 10.0. The number of rotatable bonds is 3. The lowest BCUT2D eigenvalue weighted by molar-refractivity contribution is 0.0602. The van der Waals surface area contributed by atoms with Gasteiger partial charge in [-0.2, -0.15) is 5.26 Å². The lowest BCUT2D eigenvalue weighted by atomic mass is 10.1. The minimum absolute atomic E-state index is 0.276. The summed E-state index contributed by atoms with van der Waals surface area (Å²) in [4.78, 5) is 11.6. The predicted octanol–water partition coefficient (Wildman–Crippen LogP) is 3.43. The molecular formula is C15H12BrN3O2. The number of nitrogens with one attached hydrogen (secondary N) is 1. The van der Waals surface area contributed by atoms with Crippen molar-refractivity contribution >= 4 is 39.0 Å². The zero-order valence-electron chi connectivity index (χ0n) is 11.2. The van der Waals surface area contributed by atoms with E-state index in [9.17, 15) is 4.79 Å². The number of nitrogens with zero attached hydrogens (tertiary/aromatic N) is 1. The summed E-state index contributed by atoms with van der Waals surface area (Å²) in [6.45, 7) is 0. The molecule has 0 aliphatic rings. The largest absolute Gasteiger partial charge is 0.465 e. The molecular weight excluding hydrogens is 334 g/mol. The van der Waals surface area contributed by atoms with Gasteiger partial charge in [0, 0.05) is 15.8 Å². The van der Waals surface area contributed by atoms with Crippen molar-refractivity contribution in [3.8, 4) is 6.07 Å². The van der Waals surface area contributed by atoms with E-state index < -0.39 is 5.97 Å². The second-order valence-corrected chi connectivity index (χ2v) is 5.14. The van der Waals surface area contributed by atoms with E-state index in [0.29, 0.717) is 22.6 Å². The normalized spacial score (nSPS) is 9.76. The summed E-state index contributed by atoms with van der Waals surface area (Å²) in [5, 5.41) is 12.2. The van der Waals surface area contributed by atoms with Crippen LogP contribution in [0.4, 0.5) is 17.1 Å². The van der Waals surface area contributed by atoms with E-state index in [-0.39, 0.29) is 5.56 Å². The third-order valence-corrected chi connectivity index (χ3v) is 3.33. The number of carbonyl (C=O) groups excluding carboxylic acids is 1. The molecule has 21 heavy (non-hydrogen) atoms. The molecule has 0 fully saturated rings. The molecule has 2 aromatic carbocycles.